The molecule has 3 nitrogen and oxygen atoms in total. The lowest BCUT2D eigenvalue weighted by Crippen LogP contribution is -2.54. The molecular weight excluding hydrogens is 312 g/mol. The number of ether oxygens (including phenoxy) is 1. The summed E-state index contributed by atoms with van der Waals surface area (Å²) in [5.74, 6) is 4.26. The van der Waals surface area contributed by atoms with Crippen LogP contribution >= 0.6 is 0 Å². The summed E-state index contributed by atoms with van der Waals surface area (Å²) in [6.07, 6.45) is 6.29. The normalized spacial score (nSPS) is 47.8. The van der Waals surface area contributed by atoms with Gasteiger partial charge in [-0.1, -0.05) is 32.9 Å². The highest BCUT2D eigenvalue weighted by Gasteiger charge is 2.55. The van der Waals surface area contributed by atoms with E-state index in [-0.39, 0.29) is 11.5 Å². The van der Waals surface area contributed by atoms with Gasteiger partial charge in [-0.15, -0.1) is 0 Å². The minimum Gasteiger partial charge on any atom is -0.400 e. The number of allylic oxidation sites excluding steroid dienone is 1. The van der Waals surface area contributed by atoms with Gasteiger partial charge in [0.1, 0.15) is 0 Å². The van der Waals surface area contributed by atoms with E-state index in [1.165, 1.54) is 31.3 Å². The monoisotopic (exact) mass is 352 g/mol. The summed E-state index contributed by atoms with van der Waals surface area (Å²) in [5.41, 5.74) is 1.41. The highest BCUT2D eigenvalue weighted by molar-refractivity contribution is 5.19. The maximum atomic E-state index is 10.4. The number of methoxy groups -OCH3 is 1. The molecule has 8 unspecified atom stereocenters. The summed E-state index contributed by atoms with van der Waals surface area (Å²) in [6, 6.07) is 0. The summed E-state index contributed by atoms with van der Waals surface area (Å²) in [6.45, 7) is 13.6. The van der Waals surface area contributed by atoms with E-state index in [1.807, 2.05) is 14.0 Å². The highest BCUT2D eigenvalue weighted by Crippen LogP contribution is 2.61. The molecule has 3 aliphatic carbocycles. The van der Waals surface area contributed by atoms with Crippen molar-refractivity contribution in [1.82, 2.24) is 0 Å². The van der Waals surface area contributed by atoms with Crippen LogP contribution in [0.25, 0.3) is 0 Å². The van der Waals surface area contributed by atoms with Crippen LogP contribution in [-0.4, -0.2) is 36.6 Å². The van der Waals surface area contributed by atoms with E-state index >= 15 is 0 Å². The van der Waals surface area contributed by atoms with Gasteiger partial charge in [-0.25, -0.2) is 0 Å². The highest BCUT2D eigenvalue weighted by atomic mass is 16.5. The second-order valence-corrected chi connectivity index (χ2v) is 9.22. The van der Waals surface area contributed by atoms with Gasteiger partial charge < -0.3 is 14.9 Å². The first kappa shape index (κ1) is 20.9. The molecule has 3 fully saturated rings. The molecule has 0 aliphatic heterocycles. The lowest BCUT2D eigenvalue weighted by molar-refractivity contribution is -0.106. The van der Waals surface area contributed by atoms with Gasteiger partial charge in [0.25, 0.3) is 0 Å². The Balaban J connectivity index is 0.00000109. The van der Waals surface area contributed by atoms with E-state index in [0.717, 1.165) is 31.3 Å². The third-order valence-electron chi connectivity index (χ3n) is 8.19. The van der Waals surface area contributed by atoms with Crippen molar-refractivity contribution in [2.45, 2.75) is 72.0 Å². The predicted molar refractivity (Wildman–Crippen MR) is 103 cm³/mol. The largest absolute Gasteiger partial charge is 0.400 e. The zero-order valence-corrected chi connectivity index (χ0v) is 17.2. The smallest absolute Gasteiger partial charge is 0.0574 e. The molecule has 2 N–H and O–H groups in total. The van der Waals surface area contributed by atoms with Gasteiger partial charge in [-0.05, 0) is 80.0 Å². The average molecular weight is 353 g/mol. The molecule has 3 heteroatoms. The van der Waals surface area contributed by atoms with Crippen LogP contribution in [0.15, 0.2) is 12.2 Å². The SMILES string of the molecule is C=C1CC(C)(C(C)O)C(C)C2C1C1CCC(OC)CC1C[C@H]2C.CO. The molecule has 3 aliphatic rings. The molecule has 0 saturated heterocycles. The molecule has 3 saturated carbocycles. The van der Waals surface area contributed by atoms with Gasteiger partial charge in [-0.3, -0.25) is 0 Å². The molecule has 9 atom stereocenters. The van der Waals surface area contributed by atoms with E-state index in [2.05, 4.69) is 27.4 Å². The van der Waals surface area contributed by atoms with Crippen molar-refractivity contribution in [2.24, 2.45) is 40.9 Å². The van der Waals surface area contributed by atoms with Gasteiger partial charge in [0.05, 0.1) is 12.2 Å². The van der Waals surface area contributed by atoms with Gasteiger partial charge in [0, 0.05) is 14.2 Å². The Labute approximate surface area is 154 Å². The quantitative estimate of drug-likeness (QED) is 0.729. The van der Waals surface area contributed by atoms with Crippen LogP contribution in [0.4, 0.5) is 0 Å². The number of fused-ring (bicyclic) bond motifs is 3. The van der Waals surface area contributed by atoms with Crippen LogP contribution in [-0.2, 0) is 4.74 Å². The van der Waals surface area contributed by atoms with Crippen molar-refractivity contribution >= 4 is 0 Å². The predicted octanol–water partition coefficient (Wildman–Crippen LogP) is 4.28. The van der Waals surface area contributed by atoms with Gasteiger partial charge in [-0.2, -0.15) is 0 Å². The number of aliphatic hydroxyl groups is 2. The standard InChI is InChI=1S/C21H36O2.CH4O/c1-12-9-16-10-17(23-6)7-8-18(16)20-13(2)11-21(5,15(4)22)14(3)19(12)20;1-2/h12,14-20,22H,2,7-11H2,1,3-6H3;2H,1H3/t12-,14?,15?,16?,17?,18?,19?,20?,21?;/m1./s1. The van der Waals surface area contributed by atoms with Gasteiger partial charge in [0.15, 0.2) is 0 Å². The Morgan fingerprint density at radius 1 is 1.20 bits per heavy atom. The maximum absolute atomic E-state index is 10.4. The molecule has 0 heterocycles. The van der Waals surface area contributed by atoms with Gasteiger partial charge >= 0.3 is 0 Å². The summed E-state index contributed by atoms with van der Waals surface area (Å²) < 4.78 is 5.67. The molecule has 25 heavy (non-hydrogen) atoms. The molecule has 0 bridgehead atoms. The van der Waals surface area contributed by atoms with E-state index in [4.69, 9.17) is 9.84 Å². The number of rotatable bonds is 2. The lowest BCUT2D eigenvalue weighted by Gasteiger charge is -2.59. The third-order valence-corrected chi connectivity index (χ3v) is 8.19. The molecule has 0 aromatic carbocycles. The third kappa shape index (κ3) is 3.57. The van der Waals surface area contributed by atoms with E-state index < -0.39 is 0 Å². The van der Waals surface area contributed by atoms with Gasteiger partial charge in [0.2, 0.25) is 0 Å². The first-order chi connectivity index (χ1) is 11.8. The van der Waals surface area contributed by atoms with Crippen molar-refractivity contribution < 1.29 is 14.9 Å². The van der Waals surface area contributed by atoms with Crippen LogP contribution in [0.3, 0.4) is 0 Å². The molecule has 0 aromatic rings. The van der Waals surface area contributed by atoms with Crippen molar-refractivity contribution in [2.75, 3.05) is 14.2 Å². The zero-order chi connectivity index (χ0) is 18.9. The number of aliphatic hydroxyl groups excluding tert-OH is 2. The molecule has 0 radical (unpaired) electrons. The van der Waals surface area contributed by atoms with Crippen LogP contribution < -0.4 is 0 Å². The minimum atomic E-state index is -0.260. The Bertz CT molecular complexity index is 460. The Morgan fingerprint density at radius 3 is 2.40 bits per heavy atom. The summed E-state index contributed by atoms with van der Waals surface area (Å²) in [5, 5.41) is 17.4. The van der Waals surface area contributed by atoms with Crippen LogP contribution in [0, 0.1) is 40.9 Å². The fourth-order valence-corrected chi connectivity index (χ4v) is 6.59. The fourth-order valence-electron chi connectivity index (χ4n) is 6.59. The molecule has 0 amide bonds. The van der Waals surface area contributed by atoms with Crippen molar-refractivity contribution in [3.05, 3.63) is 12.2 Å². The van der Waals surface area contributed by atoms with Crippen molar-refractivity contribution in [3.8, 4) is 0 Å². The molecule has 0 aromatic heterocycles. The number of hydrogen-bond acceptors (Lipinski definition) is 3. The van der Waals surface area contributed by atoms with Crippen molar-refractivity contribution in [3.63, 3.8) is 0 Å². The average Bonchev–Trinajstić information content (AvgIpc) is 2.59. The van der Waals surface area contributed by atoms with Crippen molar-refractivity contribution in [1.29, 1.82) is 0 Å². The Hall–Kier alpha value is -0.380. The fraction of sp³-hybridized carbons (Fsp3) is 0.909. The molecule has 3 rings (SSSR count). The first-order valence-electron chi connectivity index (χ1n) is 10.1. The zero-order valence-electron chi connectivity index (χ0n) is 17.2. The van der Waals surface area contributed by atoms with Crippen LogP contribution in [0.5, 0.6) is 0 Å². The van der Waals surface area contributed by atoms with Crippen LogP contribution in [0.1, 0.15) is 59.8 Å². The van der Waals surface area contributed by atoms with Crippen LogP contribution in [0.2, 0.25) is 0 Å². The molecular formula is C22H40O3. The second-order valence-electron chi connectivity index (χ2n) is 9.22. The summed E-state index contributed by atoms with van der Waals surface area (Å²) >= 11 is 0. The van der Waals surface area contributed by atoms with E-state index in [9.17, 15) is 5.11 Å². The Kier molecular flexibility index (Phi) is 6.78. The minimum absolute atomic E-state index is 0.0108. The molecule has 146 valence electrons. The first-order valence-corrected chi connectivity index (χ1v) is 10.1. The lowest BCUT2D eigenvalue weighted by atomic mass is 9.46. The molecule has 0 spiro atoms. The maximum Gasteiger partial charge on any atom is 0.0574 e. The Morgan fingerprint density at radius 2 is 1.84 bits per heavy atom. The topological polar surface area (TPSA) is 49.7 Å². The second kappa shape index (κ2) is 8.10. The number of hydrogen-bond donors (Lipinski definition) is 2. The van der Waals surface area contributed by atoms with E-state index in [0.29, 0.717) is 23.9 Å². The summed E-state index contributed by atoms with van der Waals surface area (Å²) in [4.78, 5) is 0. The van der Waals surface area contributed by atoms with E-state index in [1.54, 1.807) is 0 Å². The summed E-state index contributed by atoms with van der Waals surface area (Å²) in [7, 11) is 2.87.